The summed E-state index contributed by atoms with van der Waals surface area (Å²) in [6.07, 6.45) is -3.72. The number of ether oxygens (including phenoxy) is 2. The third-order valence-electron chi connectivity index (χ3n) is 3.89. The number of carbonyl (C=O) groups excluding carboxylic acids is 1. The maximum atomic E-state index is 13.4. The molecule has 1 aromatic heterocycles. The van der Waals surface area contributed by atoms with E-state index in [0.29, 0.717) is 6.07 Å². The monoisotopic (exact) mass is 457 g/mol. The summed E-state index contributed by atoms with van der Waals surface area (Å²) in [4.78, 5) is 24.0. The average Bonchev–Trinajstić information content (AvgIpc) is 2.69. The van der Waals surface area contributed by atoms with Gasteiger partial charge in [-0.1, -0.05) is 11.6 Å². The Morgan fingerprint density at radius 3 is 2.52 bits per heavy atom. The van der Waals surface area contributed by atoms with Crippen LogP contribution in [-0.2, 0) is 6.18 Å². The van der Waals surface area contributed by atoms with E-state index in [-0.39, 0.29) is 22.7 Å². The van der Waals surface area contributed by atoms with Gasteiger partial charge < -0.3 is 14.8 Å². The first kappa shape index (κ1) is 22.1. The molecule has 7 nitrogen and oxygen atoms in total. The van der Waals surface area contributed by atoms with Gasteiger partial charge in [0.15, 0.2) is 11.5 Å². The van der Waals surface area contributed by atoms with Gasteiger partial charge in [-0.2, -0.15) is 18.3 Å². The number of hydrogen-bond acceptors (Lipinski definition) is 5. The predicted molar refractivity (Wildman–Crippen MR) is 102 cm³/mol. The number of anilines is 1. The number of nitrogens with one attached hydrogen (secondary N) is 2. The van der Waals surface area contributed by atoms with Crippen LogP contribution in [0.25, 0.3) is 0 Å². The van der Waals surface area contributed by atoms with Crippen molar-refractivity contribution >= 4 is 23.2 Å². The second-order valence-electron chi connectivity index (χ2n) is 6.01. The highest BCUT2D eigenvalue weighted by Gasteiger charge is 2.35. The molecule has 3 aromatic rings. The molecule has 0 aliphatic rings. The standard InChI is InChI=1S/C19H12ClF4N3O4/c1-30-16-4-9(21)2-3-14(16)31-15-7-12(19(22,23)24)13(20)6-11(15)18(29)26-10-5-17(28)27-25-8-10/h2-8H,1H3,(H2,26,27,28,29). The third kappa shape index (κ3) is 5.12. The second-order valence-corrected chi connectivity index (χ2v) is 6.42. The highest BCUT2D eigenvalue weighted by Crippen LogP contribution is 2.41. The molecule has 1 amide bonds. The normalized spacial score (nSPS) is 11.2. The molecular formula is C19H12ClF4N3O4. The average molecular weight is 458 g/mol. The number of H-pyrrole nitrogens is 1. The molecule has 1 heterocycles. The lowest BCUT2D eigenvalue weighted by molar-refractivity contribution is -0.137. The molecular weight excluding hydrogens is 446 g/mol. The van der Waals surface area contributed by atoms with Crippen molar-refractivity contribution in [1.82, 2.24) is 10.2 Å². The molecule has 0 aliphatic heterocycles. The Hall–Kier alpha value is -3.60. The first-order valence-electron chi connectivity index (χ1n) is 8.36. The van der Waals surface area contributed by atoms with Crippen LogP contribution in [0.5, 0.6) is 17.2 Å². The van der Waals surface area contributed by atoms with E-state index >= 15 is 0 Å². The van der Waals surface area contributed by atoms with Gasteiger partial charge in [0.1, 0.15) is 11.6 Å². The summed E-state index contributed by atoms with van der Waals surface area (Å²) in [7, 11) is 1.21. The lowest BCUT2D eigenvalue weighted by Gasteiger charge is -2.17. The number of aromatic amines is 1. The van der Waals surface area contributed by atoms with Gasteiger partial charge in [-0.15, -0.1) is 0 Å². The van der Waals surface area contributed by atoms with Crippen molar-refractivity contribution in [3.63, 3.8) is 0 Å². The molecule has 0 spiro atoms. The summed E-state index contributed by atoms with van der Waals surface area (Å²) >= 11 is 5.74. The number of benzene rings is 2. The predicted octanol–water partition coefficient (Wildman–Crippen LogP) is 4.63. The Bertz CT molecular complexity index is 1200. The lowest BCUT2D eigenvalue weighted by Crippen LogP contribution is -2.17. The van der Waals surface area contributed by atoms with Crippen LogP contribution in [-0.4, -0.2) is 23.2 Å². The molecule has 2 aromatic carbocycles. The van der Waals surface area contributed by atoms with E-state index in [1.807, 2.05) is 0 Å². The first-order valence-corrected chi connectivity index (χ1v) is 8.74. The largest absolute Gasteiger partial charge is 0.493 e. The minimum atomic E-state index is -4.84. The maximum Gasteiger partial charge on any atom is 0.417 e. The summed E-state index contributed by atoms with van der Waals surface area (Å²) in [5, 5.41) is 7.18. The van der Waals surface area contributed by atoms with Crippen molar-refractivity contribution in [1.29, 1.82) is 0 Å². The van der Waals surface area contributed by atoms with E-state index in [4.69, 9.17) is 21.1 Å². The molecule has 12 heteroatoms. The lowest BCUT2D eigenvalue weighted by atomic mass is 10.1. The summed E-state index contributed by atoms with van der Waals surface area (Å²) < 4.78 is 63.8. The van der Waals surface area contributed by atoms with Crippen molar-refractivity contribution < 1.29 is 31.8 Å². The van der Waals surface area contributed by atoms with Crippen LogP contribution in [0, 0.1) is 5.82 Å². The van der Waals surface area contributed by atoms with Gasteiger partial charge >= 0.3 is 6.18 Å². The molecule has 0 saturated carbocycles. The fourth-order valence-corrected chi connectivity index (χ4v) is 2.79. The van der Waals surface area contributed by atoms with Gasteiger partial charge in [0.2, 0.25) is 0 Å². The Labute approximate surface area is 176 Å². The van der Waals surface area contributed by atoms with Gasteiger partial charge in [-0.3, -0.25) is 9.59 Å². The van der Waals surface area contributed by atoms with Gasteiger partial charge in [0.05, 0.1) is 35.1 Å². The number of hydrogen-bond donors (Lipinski definition) is 2. The van der Waals surface area contributed by atoms with Crippen molar-refractivity contribution in [3.8, 4) is 17.2 Å². The minimum absolute atomic E-state index is 0.0184. The topological polar surface area (TPSA) is 93.3 Å². The zero-order valence-corrected chi connectivity index (χ0v) is 16.3. The van der Waals surface area contributed by atoms with Crippen LogP contribution in [0.3, 0.4) is 0 Å². The Morgan fingerprint density at radius 1 is 1.13 bits per heavy atom. The van der Waals surface area contributed by atoms with Crippen molar-refractivity contribution in [3.05, 3.63) is 74.9 Å². The Kier molecular flexibility index (Phi) is 6.16. The van der Waals surface area contributed by atoms with E-state index in [9.17, 15) is 27.2 Å². The molecule has 3 rings (SSSR count). The maximum absolute atomic E-state index is 13.4. The second kappa shape index (κ2) is 8.64. The summed E-state index contributed by atoms with van der Waals surface area (Å²) in [5.74, 6) is -2.40. The Balaban J connectivity index is 2.08. The smallest absolute Gasteiger partial charge is 0.417 e. The highest BCUT2D eigenvalue weighted by molar-refractivity contribution is 6.32. The SMILES string of the molecule is COc1cc(F)ccc1Oc1cc(C(F)(F)F)c(Cl)cc1C(=O)Nc1cn[nH]c(=O)c1. The molecule has 0 fully saturated rings. The van der Waals surface area contributed by atoms with Crippen LogP contribution < -0.4 is 20.3 Å². The number of aromatic nitrogens is 2. The van der Waals surface area contributed by atoms with Crippen molar-refractivity contribution in [2.45, 2.75) is 6.18 Å². The zero-order valence-electron chi connectivity index (χ0n) is 15.5. The zero-order chi connectivity index (χ0) is 22.8. The van der Waals surface area contributed by atoms with Gasteiger partial charge in [-0.25, -0.2) is 9.49 Å². The number of amides is 1. The first-order chi connectivity index (χ1) is 14.6. The molecule has 162 valence electrons. The van der Waals surface area contributed by atoms with Gasteiger partial charge in [0, 0.05) is 12.1 Å². The van der Waals surface area contributed by atoms with E-state index in [2.05, 4.69) is 15.5 Å². The van der Waals surface area contributed by atoms with Crippen molar-refractivity contribution in [2.75, 3.05) is 12.4 Å². The van der Waals surface area contributed by atoms with E-state index in [1.54, 1.807) is 0 Å². The summed E-state index contributed by atoms with van der Waals surface area (Å²) in [6.45, 7) is 0. The van der Waals surface area contributed by atoms with Crippen LogP contribution in [0.1, 0.15) is 15.9 Å². The van der Waals surface area contributed by atoms with Gasteiger partial charge in [0.25, 0.3) is 11.5 Å². The number of carbonyl (C=O) groups is 1. The minimum Gasteiger partial charge on any atom is -0.493 e. The fraction of sp³-hybridized carbons (Fsp3) is 0.105. The van der Waals surface area contributed by atoms with Gasteiger partial charge in [-0.05, 0) is 24.3 Å². The molecule has 31 heavy (non-hydrogen) atoms. The molecule has 0 saturated heterocycles. The molecule has 0 radical (unpaired) electrons. The Morgan fingerprint density at radius 2 is 1.87 bits per heavy atom. The van der Waals surface area contributed by atoms with Crippen LogP contribution in [0.2, 0.25) is 5.02 Å². The van der Waals surface area contributed by atoms with Crippen molar-refractivity contribution in [2.24, 2.45) is 0 Å². The number of methoxy groups -OCH3 is 1. The van der Waals surface area contributed by atoms with Crippen LogP contribution in [0.4, 0.5) is 23.2 Å². The summed E-state index contributed by atoms with van der Waals surface area (Å²) in [6, 6.07) is 5.40. The molecule has 0 aliphatic carbocycles. The number of nitrogens with zero attached hydrogens (tertiary/aromatic N) is 1. The molecule has 0 unspecified atom stereocenters. The number of halogens is 5. The van der Waals surface area contributed by atoms with Crippen LogP contribution >= 0.6 is 11.6 Å². The molecule has 0 atom stereocenters. The summed E-state index contributed by atoms with van der Waals surface area (Å²) in [5.41, 5.74) is -2.27. The third-order valence-corrected chi connectivity index (χ3v) is 4.20. The quantitative estimate of drug-likeness (QED) is 0.545. The van der Waals surface area contributed by atoms with E-state index < -0.39 is 39.8 Å². The number of alkyl halides is 3. The highest BCUT2D eigenvalue weighted by atomic mass is 35.5. The van der Waals surface area contributed by atoms with E-state index in [0.717, 1.165) is 36.5 Å². The van der Waals surface area contributed by atoms with Crippen LogP contribution in [0.15, 0.2) is 47.4 Å². The molecule has 2 N–H and O–H groups in total. The molecule has 0 bridgehead atoms. The number of rotatable bonds is 5. The van der Waals surface area contributed by atoms with E-state index in [1.165, 1.54) is 7.11 Å². The fourth-order valence-electron chi connectivity index (χ4n) is 2.52.